The average molecular weight is 221 g/mol. The van der Waals surface area contributed by atoms with Gasteiger partial charge in [-0.3, -0.25) is 0 Å². The van der Waals surface area contributed by atoms with Gasteiger partial charge in [-0.15, -0.1) is 5.10 Å². The fourth-order valence-electron chi connectivity index (χ4n) is 1.91. The number of nitrogens with one attached hydrogen (secondary N) is 1. The maximum atomic E-state index is 11.3. The first-order valence-electron chi connectivity index (χ1n) is 5.11. The minimum Gasteiger partial charge on any atom is -0.391 e. The molecule has 1 aliphatic heterocycles. The molecule has 0 spiro atoms. The number of aromatic nitrogens is 4. The smallest absolute Gasteiger partial charge is 0.364 e. The molecular weight excluding hydrogens is 210 g/mol. The third kappa shape index (κ3) is 1.36. The Hall–Kier alpha value is -1.89. The van der Waals surface area contributed by atoms with E-state index in [0.717, 1.165) is 13.0 Å². The van der Waals surface area contributed by atoms with E-state index in [1.54, 1.807) is 12.1 Å². The van der Waals surface area contributed by atoms with Gasteiger partial charge in [-0.25, -0.2) is 9.89 Å². The van der Waals surface area contributed by atoms with Gasteiger partial charge in [0.2, 0.25) is 0 Å². The maximum Gasteiger partial charge on any atom is 0.364 e. The van der Waals surface area contributed by atoms with Crippen molar-refractivity contribution in [3.8, 4) is 0 Å². The van der Waals surface area contributed by atoms with Crippen molar-refractivity contribution in [3.05, 3.63) is 22.6 Å². The zero-order chi connectivity index (χ0) is 11.1. The highest BCUT2D eigenvalue weighted by atomic mass is 16.3. The summed E-state index contributed by atoms with van der Waals surface area (Å²) in [5.41, 5.74) is 0.144. The molecule has 1 aliphatic rings. The van der Waals surface area contributed by atoms with Gasteiger partial charge < -0.3 is 10.0 Å². The van der Waals surface area contributed by atoms with E-state index in [-0.39, 0.29) is 11.8 Å². The van der Waals surface area contributed by atoms with Crippen molar-refractivity contribution in [2.75, 3.05) is 18.0 Å². The molecule has 7 nitrogen and oxygen atoms in total. The lowest BCUT2D eigenvalue weighted by Crippen LogP contribution is -2.24. The van der Waals surface area contributed by atoms with Crippen molar-refractivity contribution in [1.82, 2.24) is 19.8 Å². The van der Waals surface area contributed by atoms with E-state index in [0.29, 0.717) is 18.0 Å². The summed E-state index contributed by atoms with van der Waals surface area (Å²) < 4.78 is 1.22. The lowest BCUT2D eigenvalue weighted by molar-refractivity contribution is 0.198. The molecule has 0 unspecified atom stereocenters. The SMILES string of the molecule is O=c1[nH]nc2ccc(N3CC[C@H](O)C3)nn12. The summed E-state index contributed by atoms with van der Waals surface area (Å²) in [5.74, 6) is 0.688. The zero-order valence-electron chi connectivity index (χ0n) is 8.50. The van der Waals surface area contributed by atoms with Gasteiger partial charge >= 0.3 is 5.69 Å². The Morgan fingerprint density at radius 1 is 1.50 bits per heavy atom. The summed E-state index contributed by atoms with van der Waals surface area (Å²) >= 11 is 0. The van der Waals surface area contributed by atoms with E-state index in [9.17, 15) is 9.90 Å². The van der Waals surface area contributed by atoms with E-state index >= 15 is 0 Å². The quantitative estimate of drug-likeness (QED) is 0.644. The highest BCUT2D eigenvalue weighted by Crippen LogP contribution is 2.17. The van der Waals surface area contributed by atoms with Crippen LogP contribution in [-0.2, 0) is 0 Å². The molecule has 2 aromatic heterocycles. The molecule has 0 bridgehead atoms. The standard InChI is InChI=1S/C9H11N5O2/c15-6-3-4-13(5-6)8-2-1-7-10-11-9(16)14(7)12-8/h1-2,6,15H,3-5H2,(H,11,16)/t6-/m0/s1. The molecule has 16 heavy (non-hydrogen) atoms. The number of aliphatic hydroxyl groups excluding tert-OH is 1. The molecule has 0 radical (unpaired) electrons. The van der Waals surface area contributed by atoms with Crippen molar-refractivity contribution in [2.45, 2.75) is 12.5 Å². The number of rotatable bonds is 1. The van der Waals surface area contributed by atoms with Crippen LogP contribution < -0.4 is 10.6 Å². The zero-order valence-corrected chi connectivity index (χ0v) is 8.50. The molecule has 0 saturated carbocycles. The van der Waals surface area contributed by atoms with E-state index < -0.39 is 0 Å². The first-order chi connectivity index (χ1) is 7.74. The van der Waals surface area contributed by atoms with Crippen LogP contribution in [-0.4, -0.2) is 44.1 Å². The third-order valence-electron chi connectivity index (χ3n) is 2.75. The predicted octanol–water partition coefficient (Wildman–Crippen LogP) is -1.01. The van der Waals surface area contributed by atoms with Crippen LogP contribution in [0, 0.1) is 0 Å². The fraction of sp³-hybridized carbons (Fsp3) is 0.444. The van der Waals surface area contributed by atoms with Crippen LogP contribution in [0.15, 0.2) is 16.9 Å². The predicted molar refractivity (Wildman–Crippen MR) is 56.4 cm³/mol. The van der Waals surface area contributed by atoms with Crippen LogP contribution in [0.5, 0.6) is 0 Å². The summed E-state index contributed by atoms with van der Waals surface area (Å²) in [6, 6.07) is 3.53. The van der Waals surface area contributed by atoms with E-state index in [2.05, 4.69) is 15.3 Å². The number of H-pyrrole nitrogens is 1. The van der Waals surface area contributed by atoms with Gasteiger partial charge in [0, 0.05) is 13.1 Å². The molecule has 7 heteroatoms. The second-order valence-corrected chi connectivity index (χ2v) is 3.88. The Bertz CT molecular complexity index is 575. The lowest BCUT2D eigenvalue weighted by atomic mass is 10.3. The summed E-state index contributed by atoms with van der Waals surface area (Å²) in [4.78, 5) is 13.3. The first kappa shape index (κ1) is 9.34. The maximum absolute atomic E-state index is 11.3. The monoisotopic (exact) mass is 221 g/mol. The normalized spacial score (nSPS) is 20.8. The van der Waals surface area contributed by atoms with Gasteiger partial charge in [0.1, 0.15) is 5.82 Å². The van der Waals surface area contributed by atoms with E-state index in [1.807, 2.05) is 4.90 Å². The molecule has 3 heterocycles. The fourth-order valence-corrected chi connectivity index (χ4v) is 1.91. The Morgan fingerprint density at radius 3 is 3.12 bits per heavy atom. The van der Waals surface area contributed by atoms with Crippen molar-refractivity contribution >= 4 is 11.5 Å². The lowest BCUT2D eigenvalue weighted by Gasteiger charge is -2.15. The summed E-state index contributed by atoms with van der Waals surface area (Å²) in [6.45, 7) is 1.32. The number of fused-ring (bicyclic) bond motifs is 1. The molecule has 2 aromatic rings. The largest absolute Gasteiger partial charge is 0.391 e. The summed E-state index contributed by atoms with van der Waals surface area (Å²) in [5, 5.41) is 19.7. The topological polar surface area (TPSA) is 86.5 Å². The van der Waals surface area contributed by atoms with E-state index in [4.69, 9.17) is 0 Å². The highest BCUT2D eigenvalue weighted by Gasteiger charge is 2.21. The van der Waals surface area contributed by atoms with Gasteiger partial charge in [0.25, 0.3) is 0 Å². The highest BCUT2D eigenvalue weighted by molar-refractivity contribution is 5.45. The number of aromatic amines is 1. The van der Waals surface area contributed by atoms with Gasteiger partial charge in [-0.05, 0) is 18.6 Å². The van der Waals surface area contributed by atoms with Gasteiger partial charge in [-0.2, -0.15) is 9.61 Å². The van der Waals surface area contributed by atoms with Crippen molar-refractivity contribution in [3.63, 3.8) is 0 Å². The third-order valence-corrected chi connectivity index (χ3v) is 2.75. The van der Waals surface area contributed by atoms with Crippen molar-refractivity contribution in [2.24, 2.45) is 0 Å². The number of hydrogen-bond donors (Lipinski definition) is 2. The molecule has 2 N–H and O–H groups in total. The van der Waals surface area contributed by atoms with Crippen LogP contribution in [0.4, 0.5) is 5.82 Å². The van der Waals surface area contributed by atoms with Crippen LogP contribution in [0.2, 0.25) is 0 Å². The van der Waals surface area contributed by atoms with Gasteiger partial charge in [-0.1, -0.05) is 0 Å². The Kier molecular flexibility index (Phi) is 1.93. The minimum absolute atomic E-state index is 0.307. The minimum atomic E-state index is -0.350. The Morgan fingerprint density at radius 2 is 2.38 bits per heavy atom. The van der Waals surface area contributed by atoms with Crippen LogP contribution in [0.25, 0.3) is 5.65 Å². The number of nitrogens with zero attached hydrogens (tertiary/aromatic N) is 4. The first-order valence-corrected chi connectivity index (χ1v) is 5.11. The average Bonchev–Trinajstić information content (AvgIpc) is 2.86. The molecular formula is C9H11N5O2. The molecule has 0 aliphatic carbocycles. The number of β-amino-alcohol motifs (C(OH)–C–C–N with tert-alkyl or cyclic N) is 1. The second kappa shape index (κ2) is 3.31. The molecule has 84 valence electrons. The number of anilines is 1. The summed E-state index contributed by atoms with van der Waals surface area (Å²) in [6.07, 6.45) is 0.429. The number of hydrogen-bond acceptors (Lipinski definition) is 5. The van der Waals surface area contributed by atoms with Crippen LogP contribution >= 0.6 is 0 Å². The molecule has 1 fully saturated rings. The molecule has 0 aromatic carbocycles. The molecule has 1 atom stereocenters. The van der Waals surface area contributed by atoms with Crippen LogP contribution in [0.3, 0.4) is 0 Å². The summed E-state index contributed by atoms with van der Waals surface area (Å²) in [7, 11) is 0. The van der Waals surface area contributed by atoms with Crippen LogP contribution in [0.1, 0.15) is 6.42 Å². The number of aliphatic hydroxyl groups is 1. The Labute approximate surface area is 90.3 Å². The van der Waals surface area contributed by atoms with Crippen molar-refractivity contribution < 1.29 is 5.11 Å². The van der Waals surface area contributed by atoms with Crippen molar-refractivity contribution in [1.29, 1.82) is 0 Å². The molecule has 0 amide bonds. The second-order valence-electron chi connectivity index (χ2n) is 3.88. The molecule has 1 saturated heterocycles. The molecule has 3 rings (SSSR count). The van der Waals surface area contributed by atoms with Gasteiger partial charge in [0.15, 0.2) is 5.65 Å². The van der Waals surface area contributed by atoms with Gasteiger partial charge in [0.05, 0.1) is 6.10 Å². The Balaban J connectivity index is 2.04. The van der Waals surface area contributed by atoms with E-state index in [1.165, 1.54) is 4.52 Å².